The summed E-state index contributed by atoms with van der Waals surface area (Å²) < 4.78 is 11.7. The molecule has 2 aromatic heterocycles. The Bertz CT molecular complexity index is 1010. The van der Waals surface area contributed by atoms with Crippen LogP contribution in [-0.2, 0) is 17.8 Å². The molecule has 0 spiro atoms. The summed E-state index contributed by atoms with van der Waals surface area (Å²) in [7, 11) is 0. The van der Waals surface area contributed by atoms with Crippen LogP contribution >= 0.6 is 0 Å². The fourth-order valence-electron chi connectivity index (χ4n) is 3.40. The molecule has 0 fully saturated rings. The third-order valence-electron chi connectivity index (χ3n) is 4.75. The average Bonchev–Trinajstić information content (AvgIpc) is 2.91. The quantitative estimate of drug-likeness (QED) is 0.732. The molecule has 0 unspecified atom stereocenters. The molecule has 6 nitrogen and oxygen atoms in total. The minimum Gasteiger partial charge on any atom is -0.430 e. The summed E-state index contributed by atoms with van der Waals surface area (Å²) in [6, 6.07) is 9.19. The van der Waals surface area contributed by atoms with Crippen LogP contribution in [-0.4, -0.2) is 16.5 Å². The number of nitrogens with one attached hydrogen (secondary N) is 1. The van der Waals surface area contributed by atoms with E-state index in [1.165, 1.54) is 0 Å². The SMILES string of the molecule is Cc1nc2oc(C(=O)Nc3ccccc3)c(N)c2c2c1COC(C)(C)C2. The summed E-state index contributed by atoms with van der Waals surface area (Å²) in [4.78, 5) is 17.1. The summed E-state index contributed by atoms with van der Waals surface area (Å²) >= 11 is 0. The van der Waals surface area contributed by atoms with E-state index in [-0.39, 0.29) is 17.3 Å². The molecule has 26 heavy (non-hydrogen) atoms. The predicted molar refractivity (Wildman–Crippen MR) is 100 cm³/mol. The van der Waals surface area contributed by atoms with E-state index in [9.17, 15) is 4.79 Å². The number of aromatic nitrogens is 1. The second-order valence-corrected chi connectivity index (χ2v) is 7.22. The van der Waals surface area contributed by atoms with Crippen molar-refractivity contribution >= 4 is 28.4 Å². The smallest absolute Gasteiger partial charge is 0.293 e. The first-order valence-electron chi connectivity index (χ1n) is 8.56. The Morgan fingerprint density at radius 2 is 1.96 bits per heavy atom. The molecule has 1 aliphatic rings. The molecule has 1 aliphatic heterocycles. The van der Waals surface area contributed by atoms with Gasteiger partial charge in [-0.2, -0.15) is 0 Å². The van der Waals surface area contributed by atoms with E-state index < -0.39 is 0 Å². The molecular formula is C20H21N3O3. The Kier molecular flexibility index (Phi) is 3.73. The molecule has 0 atom stereocenters. The molecular weight excluding hydrogens is 330 g/mol. The highest BCUT2D eigenvalue weighted by molar-refractivity contribution is 6.11. The number of fused-ring (bicyclic) bond motifs is 3. The Morgan fingerprint density at radius 3 is 2.69 bits per heavy atom. The number of hydrogen-bond donors (Lipinski definition) is 2. The number of rotatable bonds is 2. The zero-order valence-electron chi connectivity index (χ0n) is 15.1. The van der Waals surface area contributed by atoms with E-state index in [1.54, 1.807) is 12.1 Å². The van der Waals surface area contributed by atoms with Crippen molar-refractivity contribution in [1.82, 2.24) is 4.98 Å². The van der Waals surface area contributed by atoms with Crippen molar-refractivity contribution < 1.29 is 13.9 Å². The van der Waals surface area contributed by atoms with Gasteiger partial charge in [0.1, 0.15) is 0 Å². The number of carbonyl (C=O) groups excluding carboxylic acids is 1. The van der Waals surface area contributed by atoms with Gasteiger partial charge in [-0.15, -0.1) is 0 Å². The minimum absolute atomic E-state index is 0.0912. The number of aryl methyl sites for hydroxylation is 1. The van der Waals surface area contributed by atoms with Gasteiger partial charge in [-0.3, -0.25) is 4.79 Å². The molecule has 0 saturated carbocycles. The first-order valence-corrected chi connectivity index (χ1v) is 8.56. The van der Waals surface area contributed by atoms with Crippen molar-refractivity contribution in [1.29, 1.82) is 0 Å². The number of para-hydroxylation sites is 1. The van der Waals surface area contributed by atoms with E-state index in [1.807, 2.05) is 39.0 Å². The van der Waals surface area contributed by atoms with E-state index in [0.29, 0.717) is 30.1 Å². The lowest BCUT2D eigenvalue weighted by Gasteiger charge is -2.32. The largest absolute Gasteiger partial charge is 0.430 e. The molecule has 3 N–H and O–H groups in total. The summed E-state index contributed by atoms with van der Waals surface area (Å²) in [6.45, 7) is 6.48. The van der Waals surface area contributed by atoms with Gasteiger partial charge in [0.2, 0.25) is 11.5 Å². The van der Waals surface area contributed by atoms with Crippen LogP contribution in [0.2, 0.25) is 0 Å². The van der Waals surface area contributed by atoms with Crippen molar-refractivity contribution in [2.75, 3.05) is 11.1 Å². The first-order chi connectivity index (χ1) is 12.4. The van der Waals surface area contributed by atoms with Crippen LogP contribution in [0.5, 0.6) is 0 Å². The number of anilines is 2. The molecule has 3 heterocycles. The van der Waals surface area contributed by atoms with Crippen LogP contribution in [0.4, 0.5) is 11.4 Å². The van der Waals surface area contributed by atoms with Crippen LogP contribution < -0.4 is 11.1 Å². The zero-order valence-corrected chi connectivity index (χ0v) is 15.1. The summed E-state index contributed by atoms with van der Waals surface area (Å²) in [6.07, 6.45) is 0.686. The second kappa shape index (κ2) is 5.85. The molecule has 0 bridgehead atoms. The highest BCUT2D eigenvalue weighted by Gasteiger charge is 2.32. The van der Waals surface area contributed by atoms with Crippen LogP contribution in [0, 0.1) is 6.92 Å². The lowest BCUT2D eigenvalue weighted by atomic mass is 9.89. The number of hydrogen-bond acceptors (Lipinski definition) is 5. The summed E-state index contributed by atoms with van der Waals surface area (Å²) in [5.74, 6) is -0.294. The van der Waals surface area contributed by atoms with Gasteiger partial charge in [-0.1, -0.05) is 18.2 Å². The van der Waals surface area contributed by atoms with Gasteiger partial charge in [-0.05, 0) is 38.5 Å². The van der Waals surface area contributed by atoms with Gasteiger partial charge in [0.25, 0.3) is 5.91 Å². The Hall–Kier alpha value is -2.86. The maximum Gasteiger partial charge on any atom is 0.293 e. The summed E-state index contributed by atoms with van der Waals surface area (Å²) in [5.41, 5.74) is 10.4. The lowest BCUT2D eigenvalue weighted by Crippen LogP contribution is -2.32. The van der Waals surface area contributed by atoms with Crippen molar-refractivity contribution in [2.24, 2.45) is 0 Å². The number of nitrogens with two attached hydrogens (primary N) is 1. The zero-order chi connectivity index (χ0) is 18.5. The van der Waals surface area contributed by atoms with Crippen LogP contribution in [0.3, 0.4) is 0 Å². The fourth-order valence-corrected chi connectivity index (χ4v) is 3.40. The maximum atomic E-state index is 12.6. The van der Waals surface area contributed by atoms with Crippen molar-refractivity contribution in [2.45, 2.75) is 39.4 Å². The van der Waals surface area contributed by atoms with Gasteiger partial charge in [0, 0.05) is 23.4 Å². The average molecular weight is 351 g/mol. The fraction of sp³-hybridized carbons (Fsp3) is 0.300. The predicted octanol–water partition coefficient (Wildman–Crippen LogP) is 3.82. The number of nitrogen functional groups attached to an aromatic ring is 1. The number of furan rings is 1. The molecule has 4 rings (SSSR count). The normalized spacial score (nSPS) is 15.7. The number of benzene rings is 1. The number of pyridine rings is 1. The monoisotopic (exact) mass is 351 g/mol. The third kappa shape index (κ3) is 2.72. The number of amides is 1. The number of ether oxygens (including phenoxy) is 1. The molecule has 6 heteroatoms. The van der Waals surface area contributed by atoms with Gasteiger partial charge in [-0.25, -0.2) is 4.98 Å². The molecule has 0 aliphatic carbocycles. The lowest BCUT2D eigenvalue weighted by molar-refractivity contribution is -0.0400. The van der Waals surface area contributed by atoms with Crippen molar-refractivity contribution in [3.05, 3.63) is 52.9 Å². The van der Waals surface area contributed by atoms with Crippen LogP contribution in [0.1, 0.15) is 41.2 Å². The van der Waals surface area contributed by atoms with Crippen molar-refractivity contribution in [3.63, 3.8) is 0 Å². The van der Waals surface area contributed by atoms with E-state index >= 15 is 0 Å². The second-order valence-electron chi connectivity index (χ2n) is 7.22. The van der Waals surface area contributed by atoms with Gasteiger partial charge in [0.05, 0.1) is 23.3 Å². The Labute approximate surface area is 151 Å². The molecule has 0 saturated heterocycles. The van der Waals surface area contributed by atoms with E-state index in [4.69, 9.17) is 14.9 Å². The molecule has 1 aromatic carbocycles. The Morgan fingerprint density at radius 1 is 1.23 bits per heavy atom. The topological polar surface area (TPSA) is 90.4 Å². The van der Waals surface area contributed by atoms with E-state index in [2.05, 4.69) is 10.3 Å². The molecule has 134 valence electrons. The van der Waals surface area contributed by atoms with E-state index in [0.717, 1.165) is 22.2 Å². The maximum absolute atomic E-state index is 12.6. The van der Waals surface area contributed by atoms with Crippen LogP contribution in [0.25, 0.3) is 11.1 Å². The van der Waals surface area contributed by atoms with Gasteiger partial charge >= 0.3 is 0 Å². The van der Waals surface area contributed by atoms with Crippen LogP contribution in [0.15, 0.2) is 34.7 Å². The molecule has 0 radical (unpaired) electrons. The first kappa shape index (κ1) is 16.6. The van der Waals surface area contributed by atoms with Crippen molar-refractivity contribution in [3.8, 4) is 0 Å². The molecule has 1 amide bonds. The number of carbonyl (C=O) groups is 1. The van der Waals surface area contributed by atoms with Gasteiger partial charge in [0.15, 0.2) is 0 Å². The highest BCUT2D eigenvalue weighted by atomic mass is 16.5. The third-order valence-corrected chi connectivity index (χ3v) is 4.75. The Balaban J connectivity index is 1.81. The number of nitrogens with zero attached hydrogens (tertiary/aromatic N) is 1. The highest BCUT2D eigenvalue weighted by Crippen LogP contribution is 2.38. The molecule has 3 aromatic rings. The standard InChI is InChI=1S/C20H21N3O3/c1-11-14-10-25-20(2,3)9-13(14)15-16(21)17(26-19(15)22-11)18(24)23-12-7-5-4-6-8-12/h4-8H,9-10,21H2,1-3H3,(H,23,24). The van der Waals surface area contributed by atoms with Gasteiger partial charge < -0.3 is 20.2 Å². The summed E-state index contributed by atoms with van der Waals surface area (Å²) in [5, 5.41) is 3.53. The minimum atomic E-state index is -0.385.